The van der Waals surface area contributed by atoms with Crippen molar-refractivity contribution in [3.63, 3.8) is 0 Å². The average molecular weight is 505 g/mol. The van der Waals surface area contributed by atoms with Gasteiger partial charge in [0.1, 0.15) is 17.8 Å². The number of aromatic nitrogens is 1. The number of amides is 2. The van der Waals surface area contributed by atoms with Gasteiger partial charge < -0.3 is 10.2 Å². The molecule has 0 radical (unpaired) electrons. The number of likely N-dealkylation sites (tertiary alicyclic amines) is 1. The van der Waals surface area contributed by atoms with Crippen LogP contribution in [0.2, 0.25) is 0 Å². The van der Waals surface area contributed by atoms with Gasteiger partial charge in [-0.2, -0.15) is 15.6 Å². The third-order valence-corrected chi connectivity index (χ3v) is 8.63. The van der Waals surface area contributed by atoms with E-state index in [4.69, 9.17) is 0 Å². The van der Waals surface area contributed by atoms with Crippen molar-refractivity contribution in [1.29, 1.82) is 0 Å². The summed E-state index contributed by atoms with van der Waals surface area (Å²) in [7, 11) is -3.79. The van der Waals surface area contributed by atoms with Gasteiger partial charge in [-0.05, 0) is 42.3 Å². The van der Waals surface area contributed by atoms with Gasteiger partial charge in [-0.25, -0.2) is 8.42 Å². The first-order valence-corrected chi connectivity index (χ1v) is 13.8. The second-order valence-electron chi connectivity index (χ2n) is 9.09. The summed E-state index contributed by atoms with van der Waals surface area (Å²) in [5, 5.41) is 6.32. The highest BCUT2D eigenvalue weighted by atomic mass is 32.2. The molecule has 2 saturated heterocycles. The van der Waals surface area contributed by atoms with Gasteiger partial charge in [0.15, 0.2) is 5.78 Å². The second-order valence-corrected chi connectivity index (χ2v) is 11.8. The zero-order valence-corrected chi connectivity index (χ0v) is 20.7. The molecule has 3 atom stereocenters. The Morgan fingerprint density at radius 3 is 2.71 bits per heavy atom. The molecule has 0 bridgehead atoms. The molecule has 2 aromatic rings. The summed E-state index contributed by atoms with van der Waals surface area (Å²) in [4.78, 5) is 44.6. The van der Waals surface area contributed by atoms with Crippen molar-refractivity contribution in [2.24, 2.45) is 5.92 Å². The second kappa shape index (κ2) is 9.93. The van der Waals surface area contributed by atoms with E-state index in [1.807, 2.05) is 13.8 Å². The van der Waals surface area contributed by atoms with E-state index in [1.165, 1.54) is 26.7 Å². The number of ketones is 1. The van der Waals surface area contributed by atoms with Crippen molar-refractivity contribution >= 4 is 39.0 Å². The molecule has 1 N–H and O–H groups in total. The molecule has 2 aliphatic rings. The number of fused-ring (bicyclic) bond motifs is 1. The third kappa shape index (κ3) is 5.06. The Morgan fingerprint density at radius 2 is 2.06 bits per heavy atom. The van der Waals surface area contributed by atoms with Crippen LogP contribution in [-0.2, 0) is 25.4 Å². The minimum absolute atomic E-state index is 0.129. The zero-order chi connectivity index (χ0) is 24.5. The minimum atomic E-state index is -3.79. The number of nitrogens with zero attached hydrogens (tertiary/aromatic N) is 3. The van der Waals surface area contributed by atoms with Crippen LogP contribution < -0.4 is 5.32 Å². The Bertz CT molecular complexity index is 1150. The number of nitrogens with one attached hydrogen (secondary N) is 1. The van der Waals surface area contributed by atoms with Crippen LogP contribution >= 0.6 is 11.3 Å². The third-order valence-electron chi connectivity index (χ3n) is 6.17. The first-order valence-electron chi connectivity index (χ1n) is 11.2. The quantitative estimate of drug-likeness (QED) is 0.585. The molecule has 0 saturated carbocycles. The van der Waals surface area contributed by atoms with Crippen molar-refractivity contribution in [3.8, 4) is 0 Å². The first kappa shape index (κ1) is 24.5. The van der Waals surface area contributed by atoms with Gasteiger partial charge in [0.2, 0.25) is 15.9 Å². The number of carbonyl (C=O) groups excluding carboxylic acids is 3. The molecule has 2 fully saturated rings. The summed E-state index contributed by atoms with van der Waals surface area (Å²) < 4.78 is 27.4. The molecule has 182 valence electrons. The molecule has 0 aromatic carbocycles. The number of sulfonamides is 1. The lowest BCUT2D eigenvalue weighted by Gasteiger charge is -2.29. The van der Waals surface area contributed by atoms with Gasteiger partial charge in [0.25, 0.3) is 5.91 Å². The zero-order valence-electron chi connectivity index (χ0n) is 19.1. The van der Waals surface area contributed by atoms with Gasteiger partial charge in [-0.15, -0.1) is 0 Å². The van der Waals surface area contributed by atoms with E-state index in [9.17, 15) is 22.8 Å². The largest absolute Gasteiger partial charge is 0.340 e. The highest BCUT2D eigenvalue weighted by Gasteiger charge is 2.54. The summed E-state index contributed by atoms with van der Waals surface area (Å²) in [5.41, 5.74) is 0.882. The smallest absolute Gasteiger partial charge is 0.252 e. The van der Waals surface area contributed by atoms with Gasteiger partial charge in [-0.3, -0.25) is 19.4 Å². The fourth-order valence-electron chi connectivity index (χ4n) is 4.66. The van der Waals surface area contributed by atoms with Crippen LogP contribution in [0.3, 0.4) is 0 Å². The van der Waals surface area contributed by atoms with Crippen LogP contribution in [0.15, 0.2) is 41.2 Å². The number of rotatable bonds is 8. The predicted octanol–water partition coefficient (Wildman–Crippen LogP) is 1.67. The maximum atomic E-state index is 13.5. The molecule has 11 heteroatoms. The molecule has 4 heterocycles. The number of hydrogen-bond donors (Lipinski definition) is 1. The minimum Gasteiger partial charge on any atom is -0.340 e. The molecule has 9 nitrogen and oxygen atoms in total. The van der Waals surface area contributed by atoms with Crippen LogP contribution in [-0.4, -0.2) is 71.4 Å². The maximum Gasteiger partial charge on any atom is 0.252 e. The van der Waals surface area contributed by atoms with Crippen molar-refractivity contribution in [2.75, 3.05) is 13.1 Å². The SMILES string of the molecule is CC(C)CC(NC(=O)c1ccsc1)C(=O)N1CCC2C1C(=O)CN2S(=O)(=O)Cc1ccccn1. The average Bonchev–Trinajstić information content (AvgIpc) is 3.52. The van der Waals surface area contributed by atoms with E-state index < -0.39 is 28.1 Å². The molecule has 0 aliphatic carbocycles. The highest BCUT2D eigenvalue weighted by molar-refractivity contribution is 7.88. The van der Waals surface area contributed by atoms with Gasteiger partial charge in [-0.1, -0.05) is 19.9 Å². The van der Waals surface area contributed by atoms with E-state index in [2.05, 4.69) is 10.3 Å². The van der Waals surface area contributed by atoms with Crippen LogP contribution in [0.1, 0.15) is 42.7 Å². The lowest BCUT2D eigenvalue weighted by atomic mass is 10.0. The lowest BCUT2D eigenvalue weighted by Crippen LogP contribution is -2.53. The van der Waals surface area contributed by atoms with Crippen molar-refractivity contribution < 1.29 is 22.8 Å². The van der Waals surface area contributed by atoms with Crippen LogP contribution in [0, 0.1) is 5.92 Å². The predicted molar refractivity (Wildman–Crippen MR) is 128 cm³/mol. The molecule has 0 spiro atoms. The van der Waals surface area contributed by atoms with E-state index >= 15 is 0 Å². The summed E-state index contributed by atoms with van der Waals surface area (Å²) in [6.07, 6.45) is 2.31. The lowest BCUT2D eigenvalue weighted by molar-refractivity contribution is -0.138. The Kier molecular flexibility index (Phi) is 7.15. The van der Waals surface area contributed by atoms with Crippen molar-refractivity contribution in [3.05, 3.63) is 52.5 Å². The molecular weight excluding hydrogens is 476 g/mol. The topological polar surface area (TPSA) is 117 Å². The molecule has 34 heavy (non-hydrogen) atoms. The summed E-state index contributed by atoms with van der Waals surface area (Å²) in [6, 6.07) is 4.51. The van der Waals surface area contributed by atoms with Crippen LogP contribution in [0.5, 0.6) is 0 Å². The van der Waals surface area contributed by atoms with Crippen molar-refractivity contribution in [2.45, 2.75) is 50.6 Å². The number of carbonyl (C=O) groups is 3. The molecule has 2 aromatic heterocycles. The standard InChI is InChI=1S/C23H28N4O5S2/c1-15(2)11-18(25-22(29)16-7-10-33-13-16)23(30)26-9-6-19-21(26)20(28)12-27(19)34(31,32)14-17-5-3-4-8-24-17/h3-5,7-8,10,13,15,18-19,21H,6,9,11-12,14H2,1-2H3,(H,25,29). The number of hydrogen-bond acceptors (Lipinski definition) is 7. The van der Waals surface area contributed by atoms with Gasteiger partial charge >= 0.3 is 0 Å². The van der Waals surface area contributed by atoms with E-state index in [0.29, 0.717) is 24.1 Å². The number of Topliss-reactive ketones (excluding diaryl/α,β-unsaturated/α-hetero) is 1. The van der Waals surface area contributed by atoms with E-state index in [-0.39, 0.29) is 42.4 Å². The van der Waals surface area contributed by atoms with Crippen LogP contribution in [0.25, 0.3) is 0 Å². The molecule has 3 unspecified atom stereocenters. The van der Waals surface area contributed by atoms with Crippen LogP contribution in [0.4, 0.5) is 0 Å². The van der Waals surface area contributed by atoms with Crippen molar-refractivity contribution in [1.82, 2.24) is 19.5 Å². The fourth-order valence-corrected chi connectivity index (χ4v) is 6.97. The Hall–Kier alpha value is -2.63. The summed E-state index contributed by atoms with van der Waals surface area (Å²) >= 11 is 1.39. The number of thiophene rings is 1. The highest BCUT2D eigenvalue weighted by Crippen LogP contribution is 2.33. The summed E-state index contributed by atoms with van der Waals surface area (Å²) in [6.45, 7) is 3.91. The summed E-state index contributed by atoms with van der Waals surface area (Å²) in [5.74, 6) is -1.15. The normalized spacial score (nSPS) is 21.6. The molecule has 2 aliphatic heterocycles. The van der Waals surface area contributed by atoms with Gasteiger partial charge in [0.05, 0.1) is 23.8 Å². The number of pyridine rings is 1. The monoisotopic (exact) mass is 504 g/mol. The van der Waals surface area contributed by atoms with E-state index in [0.717, 1.165) is 0 Å². The molecule has 4 rings (SSSR count). The van der Waals surface area contributed by atoms with Gasteiger partial charge in [0, 0.05) is 18.1 Å². The van der Waals surface area contributed by atoms with E-state index in [1.54, 1.807) is 35.0 Å². The Morgan fingerprint density at radius 1 is 1.26 bits per heavy atom. The maximum absolute atomic E-state index is 13.5. The molecular formula is C23H28N4O5S2. The molecule has 2 amide bonds. The fraction of sp³-hybridized carbons (Fsp3) is 0.478. The first-order chi connectivity index (χ1) is 16.2. The Labute approximate surface area is 203 Å². The Balaban J connectivity index is 1.51.